The van der Waals surface area contributed by atoms with Gasteiger partial charge in [0.2, 0.25) is 0 Å². The van der Waals surface area contributed by atoms with E-state index >= 15 is 0 Å². The van der Waals surface area contributed by atoms with E-state index in [9.17, 15) is 17.6 Å². The van der Waals surface area contributed by atoms with Crippen LogP contribution in [0.25, 0.3) is 0 Å². The van der Waals surface area contributed by atoms with Gasteiger partial charge < -0.3 is 14.5 Å². The predicted octanol–water partition coefficient (Wildman–Crippen LogP) is 5.19. The summed E-state index contributed by atoms with van der Waals surface area (Å²) in [7, 11) is -1.87. The molecular formula is C26H32ClFN2O4S. The number of benzene rings is 2. The molecule has 2 saturated heterocycles. The van der Waals surface area contributed by atoms with Gasteiger partial charge in [0.1, 0.15) is 11.6 Å². The van der Waals surface area contributed by atoms with Crippen LogP contribution in [0.5, 0.6) is 5.75 Å². The number of nitrogens with zero attached hydrogens (tertiary/aromatic N) is 2. The van der Waals surface area contributed by atoms with Crippen molar-refractivity contribution in [3.63, 3.8) is 0 Å². The van der Waals surface area contributed by atoms with Crippen molar-refractivity contribution in [2.75, 3.05) is 30.9 Å². The number of carbonyl (C=O) groups excluding carboxylic acids is 1. The largest absolute Gasteiger partial charge is 0.495 e. The number of piperazine rings is 1. The molecule has 0 N–H and O–H groups in total. The van der Waals surface area contributed by atoms with Crippen LogP contribution in [0.4, 0.5) is 10.1 Å². The average molecular weight is 523 g/mol. The number of ether oxygens (including phenoxy) is 1. The zero-order valence-electron chi connectivity index (χ0n) is 20.3. The zero-order valence-corrected chi connectivity index (χ0v) is 21.9. The molecule has 2 fully saturated rings. The fourth-order valence-electron chi connectivity index (χ4n) is 5.29. The molecule has 9 heteroatoms. The Hall–Kier alpha value is -2.32. The Morgan fingerprint density at radius 2 is 1.77 bits per heavy atom. The van der Waals surface area contributed by atoms with E-state index in [1.807, 2.05) is 13.8 Å². The first kappa shape index (κ1) is 25.8. The average Bonchev–Trinajstić information content (AvgIpc) is 3.10. The molecule has 0 radical (unpaired) electrons. The fourth-order valence-corrected chi connectivity index (χ4v) is 7.39. The molecule has 6 nitrogen and oxygen atoms in total. The van der Waals surface area contributed by atoms with Crippen LogP contribution in [-0.4, -0.2) is 57.3 Å². The number of hydrogen-bond donors (Lipinski definition) is 0. The van der Waals surface area contributed by atoms with Gasteiger partial charge in [-0.1, -0.05) is 38.3 Å². The second kappa shape index (κ2) is 10.3. The van der Waals surface area contributed by atoms with Crippen LogP contribution < -0.4 is 9.64 Å². The first-order valence-corrected chi connectivity index (χ1v) is 14.1. The van der Waals surface area contributed by atoms with E-state index in [4.69, 9.17) is 16.3 Å². The summed E-state index contributed by atoms with van der Waals surface area (Å²) >= 11 is 6.14. The van der Waals surface area contributed by atoms with Gasteiger partial charge in [-0.3, -0.25) is 4.79 Å². The van der Waals surface area contributed by atoms with Gasteiger partial charge in [-0.2, -0.15) is 0 Å². The summed E-state index contributed by atoms with van der Waals surface area (Å²) in [5.41, 5.74) is 1.03. The van der Waals surface area contributed by atoms with E-state index in [1.54, 1.807) is 30.2 Å². The molecule has 2 aromatic carbocycles. The van der Waals surface area contributed by atoms with Crippen molar-refractivity contribution in [2.24, 2.45) is 5.92 Å². The Morgan fingerprint density at radius 1 is 1.11 bits per heavy atom. The Morgan fingerprint density at radius 3 is 2.34 bits per heavy atom. The Balaban J connectivity index is 1.61. The number of rotatable bonds is 8. The van der Waals surface area contributed by atoms with E-state index in [-0.39, 0.29) is 40.2 Å². The van der Waals surface area contributed by atoms with E-state index in [2.05, 4.69) is 4.90 Å². The summed E-state index contributed by atoms with van der Waals surface area (Å²) in [5, 5.41) is 0.0989. The lowest BCUT2D eigenvalue weighted by Gasteiger charge is -2.43. The van der Waals surface area contributed by atoms with Crippen LogP contribution in [0.1, 0.15) is 49.9 Å². The van der Waals surface area contributed by atoms with Gasteiger partial charge in [0.15, 0.2) is 9.84 Å². The fraction of sp³-hybridized carbons (Fsp3) is 0.500. The topological polar surface area (TPSA) is 66.9 Å². The monoisotopic (exact) mass is 522 g/mol. The van der Waals surface area contributed by atoms with Gasteiger partial charge in [0.05, 0.1) is 34.0 Å². The maximum atomic E-state index is 13.5. The van der Waals surface area contributed by atoms with Gasteiger partial charge in [-0.25, -0.2) is 12.8 Å². The predicted molar refractivity (Wildman–Crippen MR) is 136 cm³/mol. The summed E-state index contributed by atoms with van der Waals surface area (Å²) in [6.07, 6.45) is 3.38. The smallest absolute Gasteiger partial charge is 0.255 e. The molecule has 2 atom stereocenters. The highest BCUT2D eigenvalue weighted by atomic mass is 35.5. The van der Waals surface area contributed by atoms with Gasteiger partial charge in [0.25, 0.3) is 5.91 Å². The van der Waals surface area contributed by atoms with Gasteiger partial charge >= 0.3 is 0 Å². The van der Waals surface area contributed by atoms with E-state index in [0.717, 1.165) is 37.4 Å². The number of halogens is 2. The number of sulfone groups is 1. The maximum absolute atomic E-state index is 13.5. The highest BCUT2D eigenvalue weighted by Crippen LogP contribution is 2.41. The number of hydrogen-bond acceptors (Lipinski definition) is 5. The lowest BCUT2D eigenvalue weighted by Crippen LogP contribution is -2.55. The molecule has 2 bridgehead atoms. The summed E-state index contributed by atoms with van der Waals surface area (Å²) in [6.45, 7) is 4.97. The third-order valence-corrected chi connectivity index (χ3v) is 9.52. The minimum Gasteiger partial charge on any atom is -0.495 e. The Labute approximate surface area is 211 Å². The minimum atomic E-state index is -3.44. The summed E-state index contributed by atoms with van der Waals surface area (Å²) in [5.74, 6) is 0.154. The number of likely N-dealkylation sites (tertiary alicyclic amines) is 1. The van der Waals surface area contributed by atoms with E-state index < -0.39 is 15.7 Å². The molecule has 2 heterocycles. The van der Waals surface area contributed by atoms with Gasteiger partial charge in [-0.05, 0) is 55.2 Å². The van der Waals surface area contributed by atoms with E-state index in [0.29, 0.717) is 23.7 Å². The maximum Gasteiger partial charge on any atom is 0.255 e. The molecule has 0 unspecified atom stereocenters. The highest BCUT2D eigenvalue weighted by molar-refractivity contribution is 7.91. The van der Waals surface area contributed by atoms with Crippen LogP contribution in [0.15, 0.2) is 41.3 Å². The second-order valence-electron chi connectivity index (χ2n) is 9.42. The van der Waals surface area contributed by atoms with Crippen molar-refractivity contribution in [3.05, 3.63) is 52.8 Å². The molecule has 4 rings (SSSR count). The number of fused-ring (bicyclic) bond motifs is 2. The third-order valence-electron chi connectivity index (χ3n) is 7.33. The van der Waals surface area contributed by atoms with Crippen LogP contribution >= 0.6 is 11.6 Å². The Bertz CT molecular complexity index is 1190. The second-order valence-corrected chi connectivity index (χ2v) is 11.9. The van der Waals surface area contributed by atoms with Crippen LogP contribution in [-0.2, 0) is 9.84 Å². The summed E-state index contributed by atoms with van der Waals surface area (Å²) in [4.78, 5) is 17.4. The lowest BCUT2D eigenvalue weighted by atomic mass is 10.1. The lowest BCUT2D eigenvalue weighted by molar-refractivity contribution is 0.0718. The summed E-state index contributed by atoms with van der Waals surface area (Å²) < 4.78 is 45.4. The van der Waals surface area contributed by atoms with Crippen molar-refractivity contribution in [2.45, 2.75) is 56.5 Å². The molecule has 0 aromatic heterocycles. The van der Waals surface area contributed by atoms with Crippen molar-refractivity contribution in [3.8, 4) is 5.75 Å². The quantitative estimate of drug-likeness (QED) is 0.477. The number of amides is 1. The molecule has 2 aliphatic rings. The van der Waals surface area contributed by atoms with Crippen LogP contribution in [0.2, 0.25) is 5.02 Å². The zero-order chi connectivity index (χ0) is 25.3. The molecule has 0 saturated carbocycles. The molecule has 1 amide bonds. The Kier molecular flexibility index (Phi) is 7.62. The molecule has 2 aliphatic heterocycles. The minimum absolute atomic E-state index is 0.0165. The molecule has 0 spiro atoms. The summed E-state index contributed by atoms with van der Waals surface area (Å²) in [6, 6.07) is 8.93. The van der Waals surface area contributed by atoms with Gasteiger partial charge in [-0.15, -0.1) is 0 Å². The van der Waals surface area contributed by atoms with Crippen LogP contribution in [0, 0.1) is 11.7 Å². The molecule has 190 valence electrons. The first-order chi connectivity index (χ1) is 16.7. The molecule has 2 aromatic rings. The SMILES string of the molecule is CCC(CC)CS(=O)(=O)c1ccc(OC)c(N2[C@@H]3CC[C@H]2CN(C(=O)c2ccc(F)cc2Cl)C3)c1. The van der Waals surface area contributed by atoms with Crippen molar-refractivity contribution < 1.29 is 22.3 Å². The van der Waals surface area contributed by atoms with Crippen molar-refractivity contribution >= 4 is 33.0 Å². The van der Waals surface area contributed by atoms with Crippen molar-refractivity contribution in [1.29, 1.82) is 0 Å². The highest BCUT2D eigenvalue weighted by Gasteiger charge is 2.43. The third kappa shape index (κ3) is 5.14. The molecule has 35 heavy (non-hydrogen) atoms. The van der Waals surface area contributed by atoms with Crippen molar-refractivity contribution in [1.82, 2.24) is 4.90 Å². The van der Waals surface area contributed by atoms with E-state index in [1.165, 1.54) is 12.1 Å². The molecule has 0 aliphatic carbocycles. The number of carbonyl (C=O) groups is 1. The first-order valence-electron chi connectivity index (χ1n) is 12.1. The molecular weight excluding hydrogens is 491 g/mol. The van der Waals surface area contributed by atoms with Gasteiger partial charge in [0, 0.05) is 25.2 Å². The standard InChI is InChI=1S/C26H32ClFN2O4S/c1-4-17(5-2)16-35(32,33)21-9-11-25(34-3)24(13-21)30-19-7-8-20(30)15-29(14-19)26(31)22-10-6-18(28)12-23(22)27/h6,9-13,17,19-20H,4-5,7-8,14-16H2,1-3H3/t19-,20+. The van der Waals surface area contributed by atoms with Crippen LogP contribution in [0.3, 0.4) is 0 Å². The number of methoxy groups -OCH3 is 1. The normalized spacial score (nSPS) is 19.9. The number of anilines is 1.